The van der Waals surface area contributed by atoms with Gasteiger partial charge in [-0.2, -0.15) is 0 Å². The zero-order valence-electron chi connectivity index (χ0n) is 15.3. The summed E-state index contributed by atoms with van der Waals surface area (Å²) in [4.78, 5) is 35.7. The molecule has 142 valence electrons. The van der Waals surface area contributed by atoms with Crippen LogP contribution in [-0.2, 0) is 9.59 Å². The molecule has 0 radical (unpaired) electrons. The maximum Gasteiger partial charge on any atom is 0.330 e. The quantitative estimate of drug-likeness (QED) is 0.726. The van der Waals surface area contributed by atoms with E-state index in [4.69, 9.17) is 0 Å². The summed E-state index contributed by atoms with van der Waals surface area (Å²) in [7, 11) is 0. The summed E-state index contributed by atoms with van der Waals surface area (Å²) in [6, 6.07) is 7.64. The minimum Gasteiger partial charge on any atom is -0.479 e. The first-order valence-corrected chi connectivity index (χ1v) is 8.32. The van der Waals surface area contributed by atoms with E-state index in [0.29, 0.717) is 5.56 Å². The fourth-order valence-electron chi connectivity index (χ4n) is 2.49. The highest BCUT2D eigenvalue weighted by molar-refractivity contribution is 5.97. The number of carbonyl (C=O) groups is 3. The van der Waals surface area contributed by atoms with Gasteiger partial charge in [0.05, 0.1) is 6.54 Å². The lowest BCUT2D eigenvalue weighted by molar-refractivity contribution is -0.141. The Bertz CT molecular complexity index is 896. The van der Waals surface area contributed by atoms with E-state index in [1.54, 1.807) is 12.1 Å². The van der Waals surface area contributed by atoms with Gasteiger partial charge in [0, 0.05) is 5.56 Å². The second kappa shape index (κ2) is 8.44. The van der Waals surface area contributed by atoms with Crippen molar-refractivity contribution in [1.82, 2.24) is 10.6 Å². The Morgan fingerprint density at radius 1 is 1.00 bits per heavy atom. The average Bonchev–Trinajstić information content (AvgIpc) is 2.62. The van der Waals surface area contributed by atoms with Gasteiger partial charge in [-0.1, -0.05) is 18.2 Å². The molecule has 0 fully saturated rings. The average molecular weight is 372 g/mol. The lowest BCUT2D eigenvalue weighted by Gasteiger charge is -2.16. The molecule has 0 bridgehead atoms. The Labute approximate surface area is 156 Å². The van der Waals surface area contributed by atoms with Gasteiger partial charge in [-0.25, -0.2) is 9.18 Å². The minimum absolute atomic E-state index is 0.246. The third kappa shape index (κ3) is 5.13. The molecular weight excluding hydrogens is 351 g/mol. The van der Waals surface area contributed by atoms with Crippen molar-refractivity contribution in [2.45, 2.75) is 26.8 Å². The van der Waals surface area contributed by atoms with Crippen LogP contribution in [0, 0.1) is 26.6 Å². The number of carboxylic acid groups (broad SMARTS) is 1. The first kappa shape index (κ1) is 20.1. The van der Waals surface area contributed by atoms with Crippen LogP contribution in [0.5, 0.6) is 0 Å². The number of amides is 2. The molecule has 0 aliphatic carbocycles. The van der Waals surface area contributed by atoms with Gasteiger partial charge in [-0.3, -0.25) is 9.59 Å². The molecule has 0 heterocycles. The Hall–Kier alpha value is -3.22. The Balaban J connectivity index is 2.01. The molecule has 2 rings (SSSR count). The highest BCUT2D eigenvalue weighted by Crippen LogP contribution is 2.17. The van der Waals surface area contributed by atoms with Crippen LogP contribution in [0.4, 0.5) is 4.39 Å². The standard InChI is InChI=1S/C20H21FN2O4/c1-11-4-5-15(8-12(11)2)19(25)22-10-17(24)23-18(20(26)27)14-6-7-16(21)13(3)9-14/h4-9,18H,10H2,1-3H3,(H,22,25)(H,23,24)(H,26,27). The molecule has 0 spiro atoms. The summed E-state index contributed by atoms with van der Waals surface area (Å²) in [5.74, 6) is -2.84. The van der Waals surface area contributed by atoms with Crippen LogP contribution in [0.25, 0.3) is 0 Å². The lowest BCUT2D eigenvalue weighted by Crippen LogP contribution is -2.41. The van der Waals surface area contributed by atoms with Crippen LogP contribution in [0.1, 0.15) is 38.7 Å². The number of hydrogen-bond donors (Lipinski definition) is 3. The van der Waals surface area contributed by atoms with E-state index < -0.39 is 29.6 Å². The molecule has 1 atom stereocenters. The van der Waals surface area contributed by atoms with Crippen molar-refractivity contribution in [2.24, 2.45) is 0 Å². The maximum absolute atomic E-state index is 13.4. The molecule has 2 aromatic rings. The van der Waals surface area contributed by atoms with Crippen molar-refractivity contribution >= 4 is 17.8 Å². The summed E-state index contributed by atoms with van der Waals surface area (Å²) in [5, 5.41) is 14.1. The van der Waals surface area contributed by atoms with E-state index >= 15 is 0 Å². The van der Waals surface area contributed by atoms with E-state index in [2.05, 4.69) is 10.6 Å². The first-order chi connectivity index (χ1) is 12.7. The third-order valence-electron chi connectivity index (χ3n) is 4.25. The largest absolute Gasteiger partial charge is 0.479 e. The molecular formula is C20H21FN2O4. The Morgan fingerprint density at radius 3 is 2.30 bits per heavy atom. The minimum atomic E-state index is -1.34. The normalized spacial score (nSPS) is 11.6. The zero-order chi connectivity index (χ0) is 20.1. The molecule has 2 amide bonds. The summed E-state index contributed by atoms with van der Waals surface area (Å²) in [6.45, 7) is 4.92. The molecule has 27 heavy (non-hydrogen) atoms. The number of nitrogens with one attached hydrogen (secondary N) is 2. The fourth-order valence-corrected chi connectivity index (χ4v) is 2.49. The molecule has 0 aliphatic heterocycles. The highest BCUT2D eigenvalue weighted by Gasteiger charge is 2.23. The predicted molar refractivity (Wildman–Crippen MR) is 97.9 cm³/mol. The van der Waals surface area contributed by atoms with Crippen LogP contribution in [0.3, 0.4) is 0 Å². The van der Waals surface area contributed by atoms with Crippen molar-refractivity contribution in [3.63, 3.8) is 0 Å². The summed E-state index contributed by atoms with van der Waals surface area (Å²) in [5.41, 5.74) is 2.93. The molecule has 0 saturated carbocycles. The predicted octanol–water partition coefficient (Wildman–Crippen LogP) is 2.42. The Morgan fingerprint density at radius 2 is 1.70 bits per heavy atom. The van der Waals surface area contributed by atoms with Crippen molar-refractivity contribution in [1.29, 1.82) is 0 Å². The number of carboxylic acids is 1. The molecule has 3 N–H and O–H groups in total. The van der Waals surface area contributed by atoms with Crippen LogP contribution in [0.15, 0.2) is 36.4 Å². The van der Waals surface area contributed by atoms with Gasteiger partial charge in [-0.15, -0.1) is 0 Å². The summed E-state index contributed by atoms with van der Waals surface area (Å²) < 4.78 is 13.4. The van der Waals surface area contributed by atoms with E-state index in [9.17, 15) is 23.9 Å². The van der Waals surface area contributed by atoms with Gasteiger partial charge >= 0.3 is 5.97 Å². The Kier molecular flexibility index (Phi) is 6.28. The molecule has 7 heteroatoms. The van der Waals surface area contributed by atoms with Gasteiger partial charge in [0.2, 0.25) is 5.91 Å². The van der Waals surface area contributed by atoms with Gasteiger partial charge in [0.25, 0.3) is 5.91 Å². The monoisotopic (exact) mass is 372 g/mol. The van der Waals surface area contributed by atoms with E-state index in [0.717, 1.165) is 17.2 Å². The van der Waals surface area contributed by atoms with E-state index in [-0.39, 0.29) is 17.7 Å². The molecule has 2 aromatic carbocycles. The van der Waals surface area contributed by atoms with E-state index in [1.807, 2.05) is 19.9 Å². The summed E-state index contributed by atoms with van der Waals surface area (Å²) in [6.07, 6.45) is 0. The number of rotatable bonds is 6. The molecule has 6 nitrogen and oxygen atoms in total. The second-order valence-electron chi connectivity index (χ2n) is 6.33. The number of aryl methyl sites for hydroxylation is 3. The van der Waals surface area contributed by atoms with Crippen molar-refractivity contribution in [2.75, 3.05) is 6.54 Å². The fraction of sp³-hybridized carbons (Fsp3) is 0.250. The van der Waals surface area contributed by atoms with Gasteiger partial charge in [0.15, 0.2) is 6.04 Å². The second-order valence-corrected chi connectivity index (χ2v) is 6.33. The first-order valence-electron chi connectivity index (χ1n) is 8.32. The maximum atomic E-state index is 13.4. The van der Waals surface area contributed by atoms with E-state index in [1.165, 1.54) is 19.1 Å². The molecule has 1 unspecified atom stereocenters. The molecule has 0 aliphatic rings. The third-order valence-corrected chi connectivity index (χ3v) is 4.25. The van der Waals surface area contributed by atoms with Crippen molar-refractivity contribution in [3.05, 3.63) is 70.0 Å². The van der Waals surface area contributed by atoms with Crippen LogP contribution in [0.2, 0.25) is 0 Å². The number of hydrogen-bond acceptors (Lipinski definition) is 3. The van der Waals surface area contributed by atoms with Gasteiger partial charge < -0.3 is 15.7 Å². The van der Waals surface area contributed by atoms with Crippen molar-refractivity contribution in [3.8, 4) is 0 Å². The highest BCUT2D eigenvalue weighted by atomic mass is 19.1. The number of aliphatic carboxylic acids is 1. The van der Waals surface area contributed by atoms with Gasteiger partial charge in [-0.05, 0) is 61.2 Å². The zero-order valence-corrected chi connectivity index (χ0v) is 15.3. The lowest BCUT2D eigenvalue weighted by atomic mass is 10.0. The topological polar surface area (TPSA) is 95.5 Å². The number of halogens is 1. The van der Waals surface area contributed by atoms with Gasteiger partial charge in [0.1, 0.15) is 5.82 Å². The van der Waals surface area contributed by atoms with Crippen LogP contribution < -0.4 is 10.6 Å². The smallest absolute Gasteiger partial charge is 0.330 e. The molecule has 0 aromatic heterocycles. The number of benzene rings is 2. The van der Waals surface area contributed by atoms with Crippen molar-refractivity contribution < 1.29 is 23.9 Å². The molecule has 0 saturated heterocycles. The number of carbonyl (C=O) groups excluding carboxylic acids is 2. The summed E-state index contributed by atoms with van der Waals surface area (Å²) >= 11 is 0. The SMILES string of the molecule is Cc1ccc(C(=O)NCC(=O)NC(C(=O)O)c2ccc(F)c(C)c2)cc1C. The van der Waals surface area contributed by atoms with Crippen LogP contribution in [-0.4, -0.2) is 29.4 Å². The van der Waals surface area contributed by atoms with Crippen LogP contribution >= 0.6 is 0 Å².